The molecule has 1 aromatic carbocycles. The van der Waals surface area contributed by atoms with Crippen molar-refractivity contribution in [1.29, 1.82) is 0 Å². The van der Waals surface area contributed by atoms with E-state index in [1.54, 1.807) is 19.9 Å². The zero-order chi connectivity index (χ0) is 13.2. The van der Waals surface area contributed by atoms with E-state index in [1.165, 1.54) is 13.8 Å². The second-order valence-corrected chi connectivity index (χ2v) is 3.95. The number of aryl methyl sites for hydroxylation is 1. The molecule has 0 unspecified atom stereocenters. The Morgan fingerprint density at radius 2 is 1.65 bits per heavy atom. The molecule has 2 amide bonds. The van der Waals surface area contributed by atoms with Crippen LogP contribution in [0.25, 0.3) is 0 Å². The number of anilines is 2. The van der Waals surface area contributed by atoms with Gasteiger partial charge in [-0.1, -0.05) is 0 Å². The highest BCUT2D eigenvalue weighted by molar-refractivity contribution is 5.95. The van der Waals surface area contributed by atoms with E-state index in [1.807, 2.05) is 0 Å². The third-order valence-corrected chi connectivity index (χ3v) is 2.35. The van der Waals surface area contributed by atoms with E-state index in [4.69, 9.17) is 0 Å². The fraction of sp³-hybridized carbons (Fsp3) is 0.333. The molecule has 5 heteroatoms. The van der Waals surface area contributed by atoms with E-state index in [-0.39, 0.29) is 17.6 Å². The molecule has 0 fully saturated rings. The van der Waals surface area contributed by atoms with E-state index < -0.39 is 0 Å². The molecular weight excluding hydrogens is 220 g/mol. The Morgan fingerprint density at radius 3 is 2.12 bits per heavy atom. The summed E-state index contributed by atoms with van der Waals surface area (Å²) in [7, 11) is 0. The van der Waals surface area contributed by atoms with Crippen LogP contribution in [0.1, 0.15) is 25.0 Å². The predicted molar refractivity (Wildman–Crippen MR) is 66.2 cm³/mol. The van der Waals surface area contributed by atoms with Crippen molar-refractivity contribution in [3.63, 3.8) is 0 Å². The van der Waals surface area contributed by atoms with Crippen molar-refractivity contribution in [2.75, 3.05) is 10.6 Å². The monoisotopic (exact) mass is 236 g/mol. The third kappa shape index (κ3) is 2.96. The van der Waals surface area contributed by atoms with E-state index >= 15 is 0 Å². The summed E-state index contributed by atoms with van der Waals surface area (Å²) in [5.74, 6) is -0.496. The van der Waals surface area contributed by atoms with Gasteiger partial charge in [-0.05, 0) is 25.5 Å². The molecule has 0 aliphatic heterocycles. The number of hydrogen-bond acceptors (Lipinski definition) is 3. The maximum absolute atomic E-state index is 11.0. The first-order valence-electron chi connectivity index (χ1n) is 5.21. The number of nitrogens with one attached hydrogen (secondary N) is 2. The van der Waals surface area contributed by atoms with Gasteiger partial charge in [0.2, 0.25) is 11.8 Å². The first-order valence-corrected chi connectivity index (χ1v) is 5.21. The van der Waals surface area contributed by atoms with Gasteiger partial charge in [-0.15, -0.1) is 0 Å². The molecule has 0 atom stereocenters. The minimum absolute atomic E-state index is 0.0328. The van der Waals surface area contributed by atoms with Crippen LogP contribution in [0, 0.1) is 13.8 Å². The lowest BCUT2D eigenvalue weighted by Gasteiger charge is -2.15. The smallest absolute Gasteiger partial charge is 0.221 e. The quantitative estimate of drug-likeness (QED) is 0.686. The van der Waals surface area contributed by atoms with Crippen LogP contribution in [0.15, 0.2) is 6.07 Å². The minimum atomic E-state index is -0.258. The lowest BCUT2D eigenvalue weighted by atomic mass is 10.1. The van der Waals surface area contributed by atoms with Crippen LogP contribution in [0.4, 0.5) is 11.4 Å². The molecule has 1 rings (SSSR count). The summed E-state index contributed by atoms with van der Waals surface area (Å²) < 4.78 is 0. The number of amides is 2. The molecule has 0 saturated carbocycles. The molecular formula is C12H16N2O3. The average molecular weight is 236 g/mol. The Kier molecular flexibility index (Phi) is 3.73. The largest absolute Gasteiger partial charge is 0.505 e. The molecule has 0 heterocycles. The lowest BCUT2D eigenvalue weighted by molar-refractivity contribution is -0.115. The fourth-order valence-corrected chi connectivity index (χ4v) is 1.63. The molecule has 0 aromatic heterocycles. The Morgan fingerprint density at radius 1 is 1.12 bits per heavy atom. The molecule has 5 nitrogen and oxygen atoms in total. The van der Waals surface area contributed by atoms with Gasteiger partial charge in [0.25, 0.3) is 0 Å². The van der Waals surface area contributed by atoms with Gasteiger partial charge in [-0.25, -0.2) is 0 Å². The van der Waals surface area contributed by atoms with Crippen molar-refractivity contribution in [3.05, 3.63) is 17.2 Å². The Hall–Kier alpha value is -2.04. The summed E-state index contributed by atoms with van der Waals surface area (Å²) >= 11 is 0. The van der Waals surface area contributed by atoms with Gasteiger partial charge in [0.1, 0.15) is 5.75 Å². The van der Waals surface area contributed by atoms with E-state index in [0.717, 1.165) is 5.56 Å². The first-order chi connectivity index (χ1) is 7.82. The van der Waals surface area contributed by atoms with Crippen molar-refractivity contribution in [3.8, 4) is 5.75 Å². The van der Waals surface area contributed by atoms with Gasteiger partial charge in [0, 0.05) is 19.4 Å². The molecule has 1 aromatic rings. The van der Waals surface area contributed by atoms with Crippen LogP contribution >= 0.6 is 0 Å². The topological polar surface area (TPSA) is 78.4 Å². The maximum atomic E-state index is 11.0. The van der Waals surface area contributed by atoms with Crippen molar-refractivity contribution in [2.45, 2.75) is 27.7 Å². The van der Waals surface area contributed by atoms with Crippen molar-refractivity contribution in [1.82, 2.24) is 0 Å². The summed E-state index contributed by atoms with van der Waals surface area (Å²) in [6.07, 6.45) is 0. The number of benzene rings is 1. The molecule has 3 N–H and O–H groups in total. The molecule has 0 spiro atoms. The van der Waals surface area contributed by atoms with Crippen LogP contribution in [-0.4, -0.2) is 16.9 Å². The van der Waals surface area contributed by atoms with Crippen LogP contribution in [-0.2, 0) is 9.59 Å². The number of phenolic OH excluding ortho intramolecular Hbond substituents is 1. The van der Waals surface area contributed by atoms with Crippen molar-refractivity contribution >= 4 is 23.2 Å². The van der Waals surface area contributed by atoms with Crippen LogP contribution in [0.2, 0.25) is 0 Å². The minimum Gasteiger partial charge on any atom is -0.505 e. The van der Waals surface area contributed by atoms with E-state index in [9.17, 15) is 14.7 Å². The second kappa shape index (κ2) is 4.86. The summed E-state index contributed by atoms with van der Waals surface area (Å²) in [6.45, 7) is 6.24. The predicted octanol–water partition coefficient (Wildman–Crippen LogP) is 1.93. The number of carbonyl (C=O) groups is 2. The SMILES string of the molecule is CC(=O)Nc1cc(C)c(NC(C)=O)c(C)c1O. The van der Waals surface area contributed by atoms with Gasteiger partial charge >= 0.3 is 0 Å². The van der Waals surface area contributed by atoms with E-state index in [0.29, 0.717) is 16.9 Å². The van der Waals surface area contributed by atoms with Gasteiger partial charge in [-0.3, -0.25) is 9.59 Å². The van der Waals surface area contributed by atoms with E-state index in [2.05, 4.69) is 10.6 Å². The Balaban J connectivity index is 3.25. The summed E-state index contributed by atoms with van der Waals surface area (Å²) in [5.41, 5.74) is 2.23. The van der Waals surface area contributed by atoms with Gasteiger partial charge in [0.15, 0.2) is 0 Å². The molecule has 0 saturated heterocycles. The average Bonchev–Trinajstić information content (AvgIpc) is 2.20. The highest BCUT2D eigenvalue weighted by atomic mass is 16.3. The number of aromatic hydroxyl groups is 1. The number of hydrogen-bond donors (Lipinski definition) is 3. The molecule has 0 aliphatic carbocycles. The molecule has 17 heavy (non-hydrogen) atoms. The van der Waals surface area contributed by atoms with Crippen LogP contribution in [0.5, 0.6) is 5.75 Å². The summed E-state index contributed by atoms with van der Waals surface area (Å²) in [5, 5.41) is 15.1. The number of phenols is 1. The molecule has 0 bridgehead atoms. The van der Waals surface area contributed by atoms with Crippen LogP contribution < -0.4 is 10.6 Å². The third-order valence-electron chi connectivity index (χ3n) is 2.35. The zero-order valence-corrected chi connectivity index (χ0v) is 10.3. The summed E-state index contributed by atoms with van der Waals surface area (Å²) in [4.78, 5) is 22.0. The Labute approximate surface area is 99.8 Å². The zero-order valence-electron chi connectivity index (χ0n) is 10.3. The van der Waals surface area contributed by atoms with Gasteiger partial charge in [0.05, 0.1) is 11.4 Å². The van der Waals surface area contributed by atoms with Gasteiger partial charge in [-0.2, -0.15) is 0 Å². The number of rotatable bonds is 2. The molecule has 92 valence electrons. The lowest BCUT2D eigenvalue weighted by Crippen LogP contribution is -2.11. The normalized spacial score (nSPS) is 9.88. The first kappa shape index (κ1) is 13.0. The standard InChI is InChI=1S/C12H16N2O3/c1-6-5-10(13-8(3)15)12(17)7(2)11(6)14-9(4)16/h5,17H,1-4H3,(H,13,15)(H,14,16). The highest BCUT2D eigenvalue weighted by Crippen LogP contribution is 2.35. The number of carbonyl (C=O) groups excluding carboxylic acids is 2. The maximum Gasteiger partial charge on any atom is 0.221 e. The van der Waals surface area contributed by atoms with Gasteiger partial charge < -0.3 is 15.7 Å². The molecule has 0 aliphatic rings. The van der Waals surface area contributed by atoms with Crippen molar-refractivity contribution in [2.24, 2.45) is 0 Å². The fourth-order valence-electron chi connectivity index (χ4n) is 1.63. The second-order valence-electron chi connectivity index (χ2n) is 3.95. The van der Waals surface area contributed by atoms with Crippen molar-refractivity contribution < 1.29 is 14.7 Å². The van der Waals surface area contributed by atoms with Crippen LogP contribution in [0.3, 0.4) is 0 Å². The summed E-state index contributed by atoms with van der Waals surface area (Å²) in [6, 6.07) is 1.62. The Bertz CT molecular complexity index is 481. The highest BCUT2D eigenvalue weighted by Gasteiger charge is 2.13. The molecule has 0 radical (unpaired) electrons.